The minimum absolute atomic E-state index is 0.00751. The second-order valence-electron chi connectivity index (χ2n) is 12.8. The number of fused-ring (bicyclic) bond motifs is 2. The van der Waals surface area contributed by atoms with Crippen LogP contribution in [0.5, 0.6) is 0 Å². The van der Waals surface area contributed by atoms with Gasteiger partial charge in [0.15, 0.2) is 35.7 Å². The average Bonchev–Trinajstić information content (AvgIpc) is 3.63. The summed E-state index contributed by atoms with van der Waals surface area (Å²) in [6, 6.07) is 0. The smallest absolute Gasteiger partial charge is 0.387 e. The van der Waals surface area contributed by atoms with Crippen molar-refractivity contribution in [1.29, 1.82) is 0 Å². The van der Waals surface area contributed by atoms with Gasteiger partial charge < -0.3 is 52.5 Å². The number of alkyl halides is 3. The van der Waals surface area contributed by atoms with E-state index in [-0.39, 0.29) is 12.7 Å². The molecule has 18 heteroatoms. The maximum absolute atomic E-state index is 12.7. The van der Waals surface area contributed by atoms with Crippen LogP contribution in [0.1, 0.15) is 55.4 Å². The van der Waals surface area contributed by atoms with Gasteiger partial charge >= 0.3 is 15.6 Å². The van der Waals surface area contributed by atoms with Gasteiger partial charge in [-0.2, -0.15) is 21.6 Å². The van der Waals surface area contributed by atoms with E-state index >= 15 is 0 Å². The Bertz CT molecular complexity index is 1140. The molecule has 0 aromatic heterocycles. The maximum Gasteiger partial charge on any atom is 0.523 e. The highest BCUT2D eigenvalue weighted by molar-refractivity contribution is 7.87. The molecule has 10 atom stereocenters. The van der Waals surface area contributed by atoms with Crippen LogP contribution in [0.3, 0.4) is 0 Å². The highest BCUT2D eigenvalue weighted by Crippen LogP contribution is 2.44. The van der Waals surface area contributed by atoms with Crippen LogP contribution in [-0.2, 0) is 61.7 Å². The van der Waals surface area contributed by atoms with Gasteiger partial charge in [0.05, 0.1) is 13.2 Å². The monoisotopic (exact) mass is 652 g/mol. The highest BCUT2D eigenvalue weighted by Gasteiger charge is 2.62. The van der Waals surface area contributed by atoms with Crippen LogP contribution in [0.25, 0.3) is 0 Å². The van der Waals surface area contributed by atoms with Gasteiger partial charge in [-0.3, -0.25) is 4.18 Å². The van der Waals surface area contributed by atoms with Crippen LogP contribution < -0.4 is 0 Å². The summed E-state index contributed by atoms with van der Waals surface area (Å²) in [4.78, 5) is 0. The van der Waals surface area contributed by atoms with Gasteiger partial charge in [-0.25, -0.2) is 0 Å². The maximum atomic E-state index is 12.7. The Morgan fingerprint density at radius 2 is 1.09 bits per heavy atom. The van der Waals surface area contributed by atoms with Crippen molar-refractivity contribution in [3.8, 4) is 0 Å². The second-order valence-corrected chi connectivity index (χ2v) is 14.4. The van der Waals surface area contributed by atoms with E-state index in [1.807, 2.05) is 13.8 Å². The lowest BCUT2D eigenvalue weighted by molar-refractivity contribution is -0.232. The fraction of sp³-hybridized carbons (Fsp3) is 1.00. The van der Waals surface area contributed by atoms with E-state index in [9.17, 15) is 26.7 Å². The van der Waals surface area contributed by atoms with Crippen molar-refractivity contribution in [1.82, 2.24) is 0 Å². The first kappa shape index (κ1) is 33.6. The summed E-state index contributed by atoms with van der Waals surface area (Å²) in [5.74, 6) is -3.49. The molecule has 0 aromatic rings. The number of rotatable bonds is 4. The summed E-state index contributed by atoms with van der Waals surface area (Å²) in [5.41, 5.74) is -5.57. The molecule has 6 aliphatic heterocycles. The summed E-state index contributed by atoms with van der Waals surface area (Å²) >= 11 is 0. The molecule has 0 radical (unpaired) electrons. The van der Waals surface area contributed by atoms with Crippen molar-refractivity contribution in [2.24, 2.45) is 0 Å². The molecule has 0 saturated carbocycles. The summed E-state index contributed by atoms with van der Waals surface area (Å²) in [6.45, 7) is 13.9. The first-order valence-corrected chi connectivity index (χ1v) is 15.2. The highest BCUT2D eigenvalue weighted by atomic mass is 32.2. The van der Waals surface area contributed by atoms with Gasteiger partial charge in [0.2, 0.25) is 0 Å². The van der Waals surface area contributed by atoms with Crippen LogP contribution in [0.4, 0.5) is 13.2 Å². The quantitative estimate of drug-likeness (QED) is 0.345. The van der Waals surface area contributed by atoms with Crippen LogP contribution in [0.15, 0.2) is 0 Å². The molecule has 14 nitrogen and oxygen atoms in total. The lowest BCUT2D eigenvalue weighted by Gasteiger charge is -2.28. The Kier molecular flexibility index (Phi) is 8.54. The minimum atomic E-state index is -5.86. The Morgan fingerprint density at radius 3 is 1.53 bits per heavy atom. The predicted molar refractivity (Wildman–Crippen MR) is 133 cm³/mol. The van der Waals surface area contributed by atoms with E-state index in [0.29, 0.717) is 6.61 Å². The molecular weight excluding hydrogens is 613 g/mol. The molecule has 6 fully saturated rings. The third kappa shape index (κ3) is 7.01. The summed E-state index contributed by atoms with van der Waals surface area (Å²) in [6.07, 6.45) is -8.39. The summed E-state index contributed by atoms with van der Waals surface area (Å²) in [5, 5.41) is 10.3. The number of hydrogen-bond donors (Lipinski definition) is 1. The molecular formula is C25H39F3O14S. The van der Waals surface area contributed by atoms with Gasteiger partial charge in [0, 0.05) is 0 Å². The molecule has 0 spiro atoms. The fourth-order valence-electron chi connectivity index (χ4n) is 5.69. The molecule has 6 aliphatic rings. The average molecular weight is 653 g/mol. The van der Waals surface area contributed by atoms with Gasteiger partial charge in [0.25, 0.3) is 0 Å². The zero-order valence-corrected chi connectivity index (χ0v) is 25.8. The largest absolute Gasteiger partial charge is 0.523 e. The fourth-order valence-corrected chi connectivity index (χ4v) is 6.31. The van der Waals surface area contributed by atoms with E-state index in [1.54, 1.807) is 27.7 Å². The zero-order chi connectivity index (χ0) is 32.0. The van der Waals surface area contributed by atoms with Crippen LogP contribution >= 0.6 is 0 Å². The number of halogens is 3. The van der Waals surface area contributed by atoms with E-state index in [0.717, 1.165) is 0 Å². The first-order valence-electron chi connectivity index (χ1n) is 13.8. The molecule has 0 aromatic carbocycles. The second kappa shape index (κ2) is 10.9. The van der Waals surface area contributed by atoms with Crippen LogP contribution in [0, 0.1) is 0 Å². The lowest BCUT2D eigenvalue weighted by Crippen LogP contribution is -2.46. The van der Waals surface area contributed by atoms with E-state index < -0.39 is 94.1 Å². The lowest BCUT2D eigenvalue weighted by atomic mass is 10.1. The molecule has 1 N–H and O–H groups in total. The Morgan fingerprint density at radius 1 is 0.651 bits per heavy atom. The number of hydrogen-bond acceptors (Lipinski definition) is 14. The molecule has 0 aliphatic carbocycles. The third-order valence-corrected chi connectivity index (χ3v) is 8.44. The van der Waals surface area contributed by atoms with E-state index in [1.165, 1.54) is 13.8 Å². The molecule has 0 bridgehead atoms. The standard InChI is InChI=1S/C13H19F3O8S.C12H20O6/c1-11(2)19-5-6(21-11)7-8(24-25(17,18)13(14,15)16)9-10(20-7)23-12(3,4)22-9;1-11(2)14-5-6(16-11)8-7(13)9-10(15-8)18-12(3,4)17-9/h6-10H,5H2,1-4H3;6-10,13H,5H2,1-4H3/t6-,7-,8+,9-,10-;6-,7+,8-,9-,10-/m11/s1. The number of aliphatic hydroxyl groups excluding tert-OH is 1. The van der Waals surface area contributed by atoms with Crippen LogP contribution in [-0.4, -0.2) is 117 Å². The Labute approximate surface area is 247 Å². The predicted octanol–water partition coefficient (Wildman–Crippen LogP) is 1.62. The topological polar surface area (TPSA) is 156 Å². The molecule has 6 heterocycles. The summed E-state index contributed by atoms with van der Waals surface area (Å²) in [7, 11) is -5.86. The van der Waals surface area contributed by atoms with Crippen molar-refractivity contribution in [3.63, 3.8) is 0 Å². The molecule has 6 saturated heterocycles. The SMILES string of the molecule is CC1(C)O[C@H]2O[C@H]([C@H]3COC(C)(C)O3)[C@H](O)[C@H]2O1.CC1(C)O[C@H]2O[C@H]([C@H]3COC(C)(C)O3)[C@H](OS(=O)(=O)C(F)(F)F)[C@H]2O1. The van der Waals surface area contributed by atoms with E-state index in [4.69, 9.17) is 47.4 Å². The van der Waals surface area contributed by atoms with Gasteiger partial charge in [-0.15, -0.1) is 0 Å². The van der Waals surface area contributed by atoms with Gasteiger partial charge in [-0.1, -0.05) is 0 Å². The normalized spacial score (nSPS) is 44.2. The summed E-state index contributed by atoms with van der Waals surface area (Å²) < 4.78 is 121. The minimum Gasteiger partial charge on any atom is -0.387 e. The molecule has 0 unspecified atom stereocenters. The van der Waals surface area contributed by atoms with Gasteiger partial charge in [0.1, 0.15) is 48.8 Å². The number of ether oxygens (including phenoxy) is 10. The number of aliphatic hydroxyl groups is 1. The molecule has 0 amide bonds. The Hall–Kier alpha value is -0.740. The van der Waals surface area contributed by atoms with E-state index in [2.05, 4.69) is 4.18 Å². The van der Waals surface area contributed by atoms with Crippen LogP contribution in [0.2, 0.25) is 0 Å². The molecule has 6 rings (SSSR count). The van der Waals surface area contributed by atoms with Crippen molar-refractivity contribution in [2.75, 3.05) is 13.2 Å². The molecule has 250 valence electrons. The van der Waals surface area contributed by atoms with Crippen molar-refractivity contribution >= 4 is 10.1 Å². The Balaban J connectivity index is 0.000000180. The first-order chi connectivity index (χ1) is 19.5. The molecule has 43 heavy (non-hydrogen) atoms. The van der Waals surface area contributed by atoms with Crippen molar-refractivity contribution in [2.45, 2.75) is 145 Å². The van der Waals surface area contributed by atoms with Crippen molar-refractivity contribution in [3.05, 3.63) is 0 Å². The van der Waals surface area contributed by atoms with Gasteiger partial charge in [-0.05, 0) is 55.4 Å². The third-order valence-electron chi connectivity index (χ3n) is 7.39. The zero-order valence-electron chi connectivity index (χ0n) is 25.0. The van der Waals surface area contributed by atoms with Crippen molar-refractivity contribution < 1.29 is 78.2 Å².